The fourth-order valence-electron chi connectivity index (χ4n) is 1.94. The summed E-state index contributed by atoms with van der Waals surface area (Å²) in [6.45, 7) is 4.06. The molecule has 18 heavy (non-hydrogen) atoms. The van der Waals surface area contributed by atoms with E-state index in [0.29, 0.717) is 0 Å². The van der Waals surface area contributed by atoms with Crippen LogP contribution in [0.15, 0.2) is 48.5 Å². The highest BCUT2D eigenvalue weighted by molar-refractivity contribution is 5.29. The van der Waals surface area contributed by atoms with Crippen molar-refractivity contribution in [3.8, 4) is 0 Å². The largest absolute Gasteiger partial charge is 0.386 e. The zero-order valence-electron chi connectivity index (χ0n) is 10.8. The molecule has 0 aliphatic rings. The minimum Gasteiger partial charge on any atom is -0.386 e. The number of aliphatic hydroxyl groups excluding tert-OH is 1. The van der Waals surface area contributed by atoms with Gasteiger partial charge in [-0.25, -0.2) is 0 Å². The molecule has 0 aromatic heterocycles. The molecular formula is C16H19NO. The predicted molar refractivity (Wildman–Crippen MR) is 74.2 cm³/mol. The van der Waals surface area contributed by atoms with E-state index in [1.807, 2.05) is 62.4 Å². The van der Waals surface area contributed by atoms with Crippen LogP contribution in [0.2, 0.25) is 0 Å². The van der Waals surface area contributed by atoms with Gasteiger partial charge in [0.2, 0.25) is 0 Å². The first-order chi connectivity index (χ1) is 8.58. The van der Waals surface area contributed by atoms with Crippen molar-refractivity contribution >= 4 is 0 Å². The van der Waals surface area contributed by atoms with Crippen molar-refractivity contribution in [2.75, 3.05) is 0 Å². The van der Waals surface area contributed by atoms with E-state index in [1.165, 1.54) is 11.1 Å². The predicted octanol–water partition coefficient (Wildman–Crippen LogP) is 3.04. The van der Waals surface area contributed by atoms with Crippen molar-refractivity contribution in [2.45, 2.75) is 26.0 Å². The maximum atomic E-state index is 10.3. The van der Waals surface area contributed by atoms with Gasteiger partial charge in [-0.2, -0.15) is 0 Å². The first-order valence-corrected chi connectivity index (χ1v) is 6.14. The van der Waals surface area contributed by atoms with Crippen molar-refractivity contribution < 1.29 is 5.11 Å². The average Bonchev–Trinajstić information content (AvgIpc) is 2.39. The van der Waals surface area contributed by atoms with Gasteiger partial charge in [0.25, 0.3) is 0 Å². The van der Waals surface area contributed by atoms with Crippen LogP contribution in [0.1, 0.15) is 34.4 Å². The summed E-state index contributed by atoms with van der Waals surface area (Å²) in [4.78, 5) is 0. The molecule has 2 aromatic rings. The van der Waals surface area contributed by atoms with Gasteiger partial charge in [-0.3, -0.25) is 0 Å². The minimum atomic E-state index is -0.673. The molecule has 2 heteroatoms. The van der Waals surface area contributed by atoms with Crippen molar-refractivity contribution in [3.63, 3.8) is 0 Å². The van der Waals surface area contributed by atoms with E-state index >= 15 is 0 Å². The summed E-state index contributed by atoms with van der Waals surface area (Å²) < 4.78 is 0. The summed E-state index contributed by atoms with van der Waals surface area (Å²) in [6, 6.07) is 15.4. The highest BCUT2D eigenvalue weighted by Gasteiger charge is 2.18. The molecule has 2 aromatic carbocycles. The van der Waals surface area contributed by atoms with Gasteiger partial charge in [0.05, 0.1) is 12.1 Å². The van der Waals surface area contributed by atoms with Crippen LogP contribution in [0, 0.1) is 13.8 Å². The maximum absolute atomic E-state index is 10.3. The molecule has 0 bridgehead atoms. The Bertz CT molecular complexity index is 452. The molecule has 94 valence electrons. The minimum absolute atomic E-state index is 0.395. The monoisotopic (exact) mass is 241 g/mol. The highest BCUT2D eigenvalue weighted by atomic mass is 16.3. The lowest BCUT2D eigenvalue weighted by Gasteiger charge is -2.20. The molecule has 2 unspecified atom stereocenters. The summed E-state index contributed by atoms with van der Waals surface area (Å²) in [7, 11) is 0. The molecule has 0 aliphatic heterocycles. The Balaban J connectivity index is 2.20. The number of nitrogens with two attached hydrogens (primary N) is 1. The number of hydrogen-bond acceptors (Lipinski definition) is 2. The van der Waals surface area contributed by atoms with Gasteiger partial charge in [-0.1, -0.05) is 59.7 Å². The Kier molecular flexibility index (Phi) is 3.80. The van der Waals surface area contributed by atoms with Crippen molar-refractivity contribution in [3.05, 3.63) is 70.8 Å². The van der Waals surface area contributed by atoms with Gasteiger partial charge in [-0.05, 0) is 25.0 Å². The summed E-state index contributed by atoms with van der Waals surface area (Å²) in [5.41, 5.74) is 10.3. The molecule has 0 amide bonds. The first-order valence-electron chi connectivity index (χ1n) is 6.14. The van der Waals surface area contributed by atoms with E-state index in [4.69, 9.17) is 5.73 Å². The Morgan fingerprint density at radius 1 is 0.778 bits per heavy atom. The third-order valence-electron chi connectivity index (χ3n) is 3.22. The van der Waals surface area contributed by atoms with Gasteiger partial charge in [-0.15, -0.1) is 0 Å². The molecule has 0 spiro atoms. The third kappa shape index (κ3) is 2.78. The zero-order valence-corrected chi connectivity index (χ0v) is 10.8. The molecule has 0 radical (unpaired) electrons. The molecule has 0 saturated heterocycles. The van der Waals surface area contributed by atoms with E-state index < -0.39 is 12.1 Å². The van der Waals surface area contributed by atoms with Crippen LogP contribution in [0.4, 0.5) is 0 Å². The second-order valence-electron chi connectivity index (χ2n) is 4.79. The lowest BCUT2D eigenvalue weighted by Crippen LogP contribution is -2.19. The SMILES string of the molecule is Cc1ccc(C(N)C(O)c2ccc(C)cc2)cc1. The molecular weight excluding hydrogens is 222 g/mol. The summed E-state index contributed by atoms with van der Waals surface area (Å²) in [5.74, 6) is 0. The number of rotatable bonds is 3. The van der Waals surface area contributed by atoms with Gasteiger partial charge < -0.3 is 10.8 Å². The van der Waals surface area contributed by atoms with Gasteiger partial charge in [0, 0.05) is 0 Å². The van der Waals surface area contributed by atoms with Crippen LogP contribution in [0.3, 0.4) is 0 Å². The quantitative estimate of drug-likeness (QED) is 0.867. The zero-order chi connectivity index (χ0) is 13.1. The van der Waals surface area contributed by atoms with Crippen LogP contribution >= 0.6 is 0 Å². The van der Waals surface area contributed by atoms with Gasteiger partial charge >= 0.3 is 0 Å². The lowest BCUT2D eigenvalue weighted by atomic mass is 9.95. The van der Waals surface area contributed by atoms with E-state index in [9.17, 15) is 5.11 Å². The van der Waals surface area contributed by atoms with Crippen LogP contribution in [-0.2, 0) is 0 Å². The number of benzene rings is 2. The molecule has 3 N–H and O–H groups in total. The average molecular weight is 241 g/mol. The van der Waals surface area contributed by atoms with Crippen LogP contribution in [0.5, 0.6) is 0 Å². The summed E-state index contributed by atoms with van der Waals surface area (Å²) >= 11 is 0. The lowest BCUT2D eigenvalue weighted by molar-refractivity contribution is 0.147. The number of hydrogen-bond donors (Lipinski definition) is 2. The van der Waals surface area contributed by atoms with Crippen molar-refractivity contribution in [1.82, 2.24) is 0 Å². The Morgan fingerprint density at radius 2 is 1.17 bits per heavy atom. The second-order valence-corrected chi connectivity index (χ2v) is 4.79. The molecule has 0 saturated carbocycles. The van der Waals surface area contributed by atoms with E-state index in [1.54, 1.807) is 0 Å². The fourth-order valence-corrected chi connectivity index (χ4v) is 1.94. The molecule has 0 aliphatic carbocycles. The molecule has 2 rings (SSSR count). The maximum Gasteiger partial charge on any atom is 0.0982 e. The normalized spacial score (nSPS) is 14.2. The molecule has 0 fully saturated rings. The van der Waals surface area contributed by atoms with Crippen LogP contribution < -0.4 is 5.73 Å². The van der Waals surface area contributed by atoms with Gasteiger partial charge in [0.15, 0.2) is 0 Å². The summed E-state index contributed by atoms with van der Waals surface area (Å²) in [6.07, 6.45) is -0.673. The second kappa shape index (κ2) is 5.34. The van der Waals surface area contributed by atoms with Crippen LogP contribution in [-0.4, -0.2) is 5.11 Å². The van der Waals surface area contributed by atoms with Gasteiger partial charge in [0.1, 0.15) is 0 Å². The number of aliphatic hydroxyl groups is 1. The molecule has 0 heterocycles. The smallest absolute Gasteiger partial charge is 0.0982 e. The Labute approximate surface area is 108 Å². The topological polar surface area (TPSA) is 46.2 Å². The fraction of sp³-hybridized carbons (Fsp3) is 0.250. The Hall–Kier alpha value is -1.64. The van der Waals surface area contributed by atoms with Crippen LogP contribution in [0.25, 0.3) is 0 Å². The first kappa shape index (κ1) is 12.8. The molecule has 2 nitrogen and oxygen atoms in total. The third-order valence-corrected chi connectivity index (χ3v) is 3.22. The van der Waals surface area contributed by atoms with Crippen molar-refractivity contribution in [1.29, 1.82) is 0 Å². The van der Waals surface area contributed by atoms with E-state index in [-0.39, 0.29) is 0 Å². The van der Waals surface area contributed by atoms with Crippen molar-refractivity contribution in [2.24, 2.45) is 5.73 Å². The summed E-state index contributed by atoms with van der Waals surface area (Å²) in [5, 5.41) is 10.3. The van der Waals surface area contributed by atoms with E-state index in [2.05, 4.69) is 0 Å². The standard InChI is InChI=1S/C16H19NO/c1-11-3-7-13(8-4-11)15(17)16(18)14-9-5-12(2)6-10-14/h3-10,15-16,18H,17H2,1-2H3. The van der Waals surface area contributed by atoms with E-state index in [0.717, 1.165) is 11.1 Å². The molecule has 2 atom stereocenters. The number of aryl methyl sites for hydroxylation is 2. The highest BCUT2D eigenvalue weighted by Crippen LogP contribution is 2.26. The Morgan fingerprint density at radius 3 is 1.61 bits per heavy atom.